The average molecular weight is 525 g/mol. The van der Waals surface area contributed by atoms with Crippen molar-refractivity contribution in [3.63, 3.8) is 0 Å². The number of fused-ring (bicyclic) bond motifs is 1. The van der Waals surface area contributed by atoms with E-state index in [1.807, 2.05) is 0 Å². The maximum atomic E-state index is 13.8. The molecule has 1 N–H and O–H groups in total. The van der Waals surface area contributed by atoms with Gasteiger partial charge in [-0.05, 0) is 60.2 Å². The molecule has 1 aromatic heterocycles. The molecule has 36 heavy (non-hydrogen) atoms. The molecule has 4 aromatic rings. The third-order valence-electron chi connectivity index (χ3n) is 5.83. The van der Waals surface area contributed by atoms with E-state index >= 15 is 0 Å². The number of hydrogen-bond donors (Lipinski definition) is 1. The third-order valence-corrected chi connectivity index (χ3v) is 7.10. The largest absolute Gasteiger partial charge is 0.507 e. The van der Waals surface area contributed by atoms with Gasteiger partial charge < -0.3 is 14.6 Å². The summed E-state index contributed by atoms with van der Waals surface area (Å²) in [6.45, 7) is 0. The van der Waals surface area contributed by atoms with Crippen LogP contribution in [0.2, 0.25) is 5.02 Å². The Morgan fingerprint density at radius 3 is 2.44 bits per heavy atom. The SMILES string of the molecule is COc1ccc(C2C(=C(O)c3ccc(Cl)cc3)C(=O)C(=O)N2c2nc3ccc(F)cc3s2)cc1OC. The number of Topliss-reactive ketones (excluding diaryl/α,β-unsaturated/α-hetero) is 1. The molecule has 0 saturated carbocycles. The number of aromatic nitrogens is 1. The Morgan fingerprint density at radius 1 is 1.03 bits per heavy atom. The Bertz CT molecular complexity index is 1550. The summed E-state index contributed by atoms with van der Waals surface area (Å²) in [7, 11) is 2.96. The van der Waals surface area contributed by atoms with Gasteiger partial charge in [-0.15, -0.1) is 0 Å². The zero-order valence-corrected chi connectivity index (χ0v) is 20.6. The highest BCUT2D eigenvalue weighted by Gasteiger charge is 2.48. The van der Waals surface area contributed by atoms with Gasteiger partial charge in [0.15, 0.2) is 16.6 Å². The van der Waals surface area contributed by atoms with Crippen LogP contribution in [0.15, 0.2) is 66.2 Å². The predicted molar refractivity (Wildman–Crippen MR) is 135 cm³/mol. The van der Waals surface area contributed by atoms with Crippen molar-refractivity contribution in [2.45, 2.75) is 6.04 Å². The van der Waals surface area contributed by atoms with Gasteiger partial charge in [-0.25, -0.2) is 9.37 Å². The number of halogens is 2. The topological polar surface area (TPSA) is 89.0 Å². The van der Waals surface area contributed by atoms with Gasteiger partial charge >= 0.3 is 5.91 Å². The molecule has 3 aromatic carbocycles. The molecule has 1 saturated heterocycles. The molecule has 0 radical (unpaired) electrons. The zero-order chi connectivity index (χ0) is 25.6. The maximum Gasteiger partial charge on any atom is 0.301 e. The fourth-order valence-electron chi connectivity index (χ4n) is 4.12. The second-order valence-corrected chi connectivity index (χ2v) is 9.34. The van der Waals surface area contributed by atoms with Crippen LogP contribution in [0.25, 0.3) is 16.0 Å². The smallest absolute Gasteiger partial charge is 0.301 e. The van der Waals surface area contributed by atoms with Crippen LogP contribution >= 0.6 is 22.9 Å². The van der Waals surface area contributed by atoms with E-state index in [4.69, 9.17) is 21.1 Å². The lowest BCUT2D eigenvalue weighted by molar-refractivity contribution is -0.132. The molecule has 1 aliphatic rings. The van der Waals surface area contributed by atoms with Gasteiger partial charge in [0.1, 0.15) is 11.6 Å². The summed E-state index contributed by atoms with van der Waals surface area (Å²) < 4.78 is 25.1. The van der Waals surface area contributed by atoms with Gasteiger partial charge in [-0.2, -0.15) is 0 Å². The van der Waals surface area contributed by atoms with Crippen LogP contribution in [0.5, 0.6) is 11.5 Å². The molecule has 0 bridgehead atoms. The predicted octanol–water partition coefficient (Wildman–Crippen LogP) is 5.73. The number of nitrogens with zero attached hydrogens (tertiary/aromatic N) is 2. The minimum absolute atomic E-state index is 0.125. The number of aliphatic hydroxyl groups is 1. The highest BCUT2D eigenvalue weighted by molar-refractivity contribution is 7.22. The molecule has 2 heterocycles. The number of ether oxygens (including phenoxy) is 2. The van der Waals surface area contributed by atoms with E-state index < -0.39 is 23.5 Å². The highest BCUT2D eigenvalue weighted by atomic mass is 35.5. The van der Waals surface area contributed by atoms with Gasteiger partial charge in [0.05, 0.1) is 36.1 Å². The molecule has 5 rings (SSSR count). The van der Waals surface area contributed by atoms with Crippen molar-refractivity contribution in [2.24, 2.45) is 0 Å². The first-order valence-electron chi connectivity index (χ1n) is 10.7. The van der Waals surface area contributed by atoms with E-state index in [0.717, 1.165) is 11.3 Å². The van der Waals surface area contributed by atoms with E-state index in [2.05, 4.69) is 4.98 Å². The quantitative estimate of drug-likeness (QED) is 0.204. The van der Waals surface area contributed by atoms with E-state index in [9.17, 15) is 19.1 Å². The minimum atomic E-state index is -1.04. The van der Waals surface area contributed by atoms with Crippen LogP contribution in [0.3, 0.4) is 0 Å². The van der Waals surface area contributed by atoms with E-state index in [1.165, 1.54) is 37.3 Å². The van der Waals surface area contributed by atoms with Crippen molar-refractivity contribution in [1.29, 1.82) is 0 Å². The van der Waals surface area contributed by atoms with Gasteiger partial charge in [0, 0.05) is 10.6 Å². The second kappa shape index (κ2) is 9.25. The number of thiazole rings is 1. The van der Waals surface area contributed by atoms with Gasteiger partial charge in [0.2, 0.25) is 0 Å². The minimum Gasteiger partial charge on any atom is -0.507 e. The van der Waals surface area contributed by atoms with E-state index in [1.54, 1.807) is 42.5 Å². The highest BCUT2D eigenvalue weighted by Crippen LogP contribution is 2.45. The third kappa shape index (κ3) is 3.96. The van der Waals surface area contributed by atoms with Crippen molar-refractivity contribution in [1.82, 2.24) is 4.98 Å². The second-order valence-electron chi connectivity index (χ2n) is 7.90. The van der Waals surface area contributed by atoms with Crippen LogP contribution in [0.1, 0.15) is 17.2 Å². The molecule has 182 valence electrons. The molecule has 1 aliphatic heterocycles. The van der Waals surface area contributed by atoms with Gasteiger partial charge in [-0.1, -0.05) is 29.0 Å². The molecule has 7 nitrogen and oxygen atoms in total. The Morgan fingerprint density at radius 2 is 1.75 bits per heavy atom. The van der Waals surface area contributed by atoms with Crippen molar-refractivity contribution < 1.29 is 28.6 Å². The number of methoxy groups -OCH3 is 2. The van der Waals surface area contributed by atoms with E-state index in [-0.39, 0.29) is 16.5 Å². The number of amides is 1. The van der Waals surface area contributed by atoms with Crippen molar-refractivity contribution in [3.05, 3.63) is 88.2 Å². The lowest BCUT2D eigenvalue weighted by Gasteiger charge is -2.23. The van der Waals surface area contributed by atoms with E-state index in [0.29, 0.717) is 37.9 Å². The first kappa shape index (κ1) is 23.8. The van der Waals surface area contributed by atoms with Gasteiger partial charge in [0.25, 0.3) is 5.78 Å². The first-order chi connectivity index (χ1) is 17.3. The Hall–Kier alpha value is -3.95. The van der Waals surface area contributed by atoms with Crippen molar-refractivity contribution >= 4 is 55.7 Å². The number of hydrogen-bond acceptors (Lipinski definition) is 7. The molecular weight excluding hydrogens is 507 g/mol. The van der Waals surface area contributed by atoms with Crippen LogP contribution < -0.4 is 14.4 Å². The standard InChI is InChI=1S/C26H18ClFN2O5S/c1-34-18-10-5-14(11-19(18)35-2)22-21(23(31)13-3-6-15(27)7-4-13)24(32)25(33)30(22)26-29-17-9-8-16(28)12-20(17)36-26/h3-12,22,31H,1-2H3. The number of anilines is 1. The Labute approximate surface area is 214 Å². The zero-order valence-electron chi connectivity index (χ0n) is 19.0. The molecule has 1 amide bonds. The molecule has 1 atom stereocenters. The summed E-state index contributed by atoms with van der Waals surface area (Å²) in [4.78, 5) is 32.4. The number of carbonyl (C=O) groups excluding carboxylic acids is 2. The summed E-state index contributed by atoms with van der Waals surface area (Å²) in [6.07, 6.45) is 0. The normalized spacial score (nSPS) is 17.1. The fraction of sp³-hybridized carbons (Fsp3) is 0.115. The van der Waals surface area contributed by atoms with Gasteiger partial charge in [-0.3, -0.25) is 14.5 Å². The Balaban J connectivity index is 1.75. The summed E-state index contributed by atoms with van der Waals surface area (Å²) in [6, 6.07) is 14.2. The maximum absolute atomic E-state index is 13.8. The van der Waals surface area contributed by atoms with Crippen LogP contribution in [0.4, 0.5) is 9.52 Å². The first-order valence-corrected chi connectivity index (χ1v) is 11.9. The van der Waals surface area contributed by atoms with Crippen molar-refractivity contribution in [2.75, 3.05) is 19.1 Å². The molecule has 10 heteroatoms. The summed E-state index contributed by atoms with van der Waals surface area (Å²) in [5.41, 5.74) is 1.14. The molecule has 1 fully saturated rings. The number of carbonyl (C=O) groups is 2. The summed E-state index contributed by atoms with van der Waals surface area (Å²) >= 11 is 7.05. The number of benzene rings is 3. The number of ketones is 1. The fourth-order valence-corrected chi connectivity index (χ4v) is 5.26. The monoisotopic (exact) mass is 524 g/mol. The molecule has 0 aliphatic carbocycles. The lowest BCUT2D eigenvalue weighted by atomic mass is 9.95. The Kier molecular flexibility index (Phi) is 6.11. The van der Waals surface area contributed by atoms with Crippen LogP contribution in [-0.2, 0) is 9.59 Å². The summed E-state index contributed by atoms with van der Waals surface area (Å²) in [5.74, 6) is -1.74. The molecule has 1 unspecified atom stereocenters. The summed E-state index contributed by atoms with van der Waals surface area (Å²) in [5, 5.41) is 11.9. The van der Waals surface area contributed by atoms with Crippen LogP contribution in [0, 0.1) is 5.82 Å². The molecular formula is C26H18ClFN2O5S. The average Bonchev–Trinajstić information content (AvgIpc) is 3.41. The number of aliphatic hydroxyl groups excluding tert-OH is 1. The molecule has 0 spiro atoms. The van der Waals surface area contributed by atoms with Crippen molar-refractivity contribution in [3.8, 4) is 11.5 Å². The number of rotatable bonds is 5. The lowest BCUT2D eigenvalue weighted by Crippen LogP contribution is -2.29. The van der Waals surface area contributed by atoms with Crippen LogP contribution in [-0.4, -0.2) is 36.0 Å².